The molecule has 2 nitrogen and oxygen atoms in total. The first-order valence-electron chi connectivity index (χ1n) is 8.47. The summed E-state index contributed by atoms with van der Waals surface area (Å²) in [6.07, 6.45) is 5.82. The topological polar surface area (TPSA) is 35.2 Å². The smallest absolute Gasteiger partial charge is 0.119 e. The lowest BCUT2D eigenvalue weighted by Crippen LogP contribution is -2.46. The van der Waals surface area contributed by atoms with Crippen molar-refractivity contribution in [1.82, 2.24) is 0 Å². The van der Waals surface area contributed by atoms with Crippen molar-refractivity contribution in [2.75, 3.05) is 0 Å². The molecule has 1 aromatic rings. The van der Waals surface area contributed by atoms with E-state index in [0.29, 0.717) is 11.3 Å². The summed E-state index contributed by atoms with van der Waals surface area (Å²) in [5.41, 5.74) is 8.04. The molecule has 1 aromatic carbocycles. The van der Waals surface area contributed by atoms with Gasteiger partial charge in [0.2, 0.25) is 0 Å². The highest BCUT2D eigenvalue weighted by Gasteiger charge is 2.36. The first-order chi connectivity index (χ1) is 9.96. The van der Waals surface area contributed by atoms with Gasteiger partial charge >= 0.3 is 0 Å². The standard InChI is InChI=1S/C19H31NO/c1-5-14-7-10-16(11-8-14)21-18-13-15(9-12-17(18)20)19(3,4)6-2/h7-8,10-11,15,17-18H,5-6,9,12-13,20H2,1-4H3. The van der Waals surface area contributed by atoms with E-state index in [-0.39, 0.29) is 12.1 Å². The minimum atomic E-state index is 0.155. The molecule has 1 aliphatic carbocycles. The molecule has 0 spiro atoms. The summed E-state index contributed by atoms with van der Waals surface area (Å²) in [6, 6.07) is 8.63. The van der Waals surface area contributed by atoms with Gasteiger partial charge in [-0.25, -0.2) is 0 Å². The Morgan fingerprint density at radius 2 is 1.81 bits per heavy atom. The Morgan fingerprint density at radius 3 is 2.38 bits per heavy atom. The first kappa shape index (κ1) is 16.4. The molecule has 0 aliphatic heterocycles. The molecule has 2 rings (SSSR count). The Bertz CT molecular complexity index is 437. The lowest BCUT2D eigenvalue weighted by atomic mass is 9.68. The predicted octanol–water partition coefficient (Wildman–Crippen LogP) is 4.56. The molecule has 0 amide bonds. The van der Waals surface area contributed by atoms with E-state index in [0.717, 1.165) is 25.0 Å². The minimum absolute atomic E-state index is 0.155. The summed E-state index contributed by atoms with van der Waals surface area (Å²) in [5, 5.41) is 0. The Morgan fingerprint density at radius 1 is 1.14 bits per heavy atom. The van der Waals surface area contributed by atoms with Crippen molar-refractivity contribution in [3.8, 4) is 5.75 Å². The number of benzene rings is 1. The second-order valence-corrected chi connectivity index (χ2v) is 7.17. The zero-order chi connectivity index (χ0) is 15.5. The van der Waals surface area contributed by atoms with Crippen LogP contribution in [0.4, 0.5) is 0 Å². The Labute approximate surface area is 130 Å². The quantitative estimate of drug-likeness (QED) is 0.862. The summed E-state index contributed by atoms with van der Waals surface area (Å²) < 4.78 is 6.21. The normalized spacial score (nSPS) is 26.6. The van der Waals surface area contributed by atoms with Crippen LogP contribution in [0.3, 0.4) is 0 Å². The maximum absolute atomic E-state index is 6.30. The van der Waals surface area contributed by atoms with E-state index in [1.165, 1.54) is 18.4 Å². The van der Waals surface area contributed by atoms with Gasteiger partial charge in [0.25, 0.3) is 0 Å². The van der Waals surface area contributed by atoms with Crippen LogP contribution in [0.5, 0.6) is 5.75 Å². The van der Waals surface area contributed by atoms with E-state index in [4.69, 9.17) is 10.5 Å². The second kappa shape index (κ2) is 6.83. The highest BCUT2D eigenvalue weighted by molar-refractivity contribution is 5.27. The van der Waals surface area contributed by atoms with Gasteiger partial charge in [-0.2, -0.15) is 0 Å². The second-order valence-electron chi connectivity index (χ2n) is 7.17. The Kier molecular flexibility index (Phi) is 5.32. The van der Waals surface area contributed by atoms with Crippen molar-refractivity contribution in [3.63, 3.8) is 0 Å². The van der Waals surface area contributed by atoms with Crippen LogP contribution in [0, 0.1) is 11.3 Å². The molecular weight excluding hydrogens is 258 g/mol. The predicted molar refractivity (Wildman–Crippen MR) is 89.6 cm³/mol. The monoisotopic (exact) mass is 289 g/mol. The van der Waals surface area contributed by atoms with Crippen LogP contribution in [-0.2, 0) is 6.42 Å². The van der Waals surface area contributed by atoms with Crippen molar-refractivity contribution in [3.05, 3.63) is 29.8 Å². The third kappa shape index (κ3) is 4.00. The highest BCUT2D eigenvalue weighted by atomic mass is 16.5. The highest BCUT2D eigenvalue weighted by Crippen LogP contribution is 2.41. The Balaban J connectivity index is 2.03. The molecule has 0 bridgehead atoms. The van der Waals surface area contributed by atoms with Crippen LogP contribution >= 0.6 is 0 Å². The van der Waals surface area contributed by atoms with Crippen molar-refractivity contribution in [2.45, 2.75) is 71.9 Å². The average Bonchev–Trinajstić information content (AvgIpc) is 2.50. The van der Waals surface area contributed by atoms with Gasteiger partial charge in [0, 0.05) is 6.04 Å². The lowest BCUT2D eigenvalue weighted by Gasteiger charge is -2.41. The molecule has 0 aromatic heterocycles. The maximum atomic E-state index is 6.30. The van der Waals surface area contributed by atoms with Gasteiger partial charge in [-0.15, -0.1) is 0 Å². The average molecular weight is 289 g/mol. The van der Waals surface area contributed by atoms with E-state index in [1.807, 2.05) is 0 Å². The van der Waals surface area contributed by atoms with Crippen LogP contribution in [0.15, 0.2) is 24.3 Å². The fourth-order valence-corrected chi connectivity index (χ4v) is 3.27. The number of ether oxygens (including phenoxy) is 1. The molecule has 3 atom stereocenters. The molecular formula is C19H31NO. The van der Waals surface area contributed by atoms with Crippen molar-refractivity contribution >= 4 is 0 Å². The number of aryl methyl sites for hydroxylation is 1. The minimum Gasteiger partial charge on any atom is -0.489 e. The summed E-state index contributed by atoms with van der Waals surface area (Å²) in [7, 11) is 0. The first-order valence-corrected chi connectivity index (χ1v) is 8.47. The number of hydrogen-bond acceptors (Lipinski definition) is 2. The summed E-state index contributed by atoms with van der Waals surface area (Å²) in [4.78, 5) is 0. The van der Waals surface area contributed by atoms with E-state index in [2.05, 4.69) is 52.0 Å². The van der Waals surface area contributed by atoms with Gasteiger partial charge in [-0.3, -0.25) is 0 Å². The van der Waals surface area contributed by atoms with E-state index in [9.17, 15) is 0 Å². The molecule has 1 fully saturated rings. The molecule has 0 saturated heterocycles. The van der Waals surface area contributed by atoms with Crippen LogP contribution in [0.1, 0.15) is 58.9 Å². The van der Waals surface area contributed by atoms with E-state index < -0.39 is 0 Å². The van der Waals surface area contributed by atoms with Crippen molar-refractivity contribution in [1.29, 1.82) is 0 Å². The molecule has 2 N–H and O–H groups in total. The zero-order valence-electron chi connectivity index (χ0n) is 14.1. The molecule has 118 valence electrons. The number of nitrogens with two attached hydrogens (primary N) is 1. The fourth-order valence-electron chi connectivity index (χ4n) is 3.27. The summed E-state index contributed by atoms with van der Waals surface area (Å²) in [6.45, 7) is 9.21. The van der Waals surface area contributed by atoms with Crippen LogP contribution < -0.4 is 10.5 Å². The summed E-state index contributed by atoms with van der Waals surface area (Å²) >= 11 is 0. The van der Waals surface area contributed by atoms with E-state index >= 15 is 0 Å². The largest absolute Gasteiger partial charge is 0.489 e. The third-order valence-electron chi connectivity index (χ3n) is 5.48. The van der Waals surface area contributed by atoms with Gasteiger partial charge in [0.15, 0.2) is 0 Å². The van der Waals surface area contributed by atoms with Crippen LogP contribution in [0.2, 0.25) is 0 Å². The van der Waals surface area contributed by atoms with Gasteiger partial charge < -0.3 is 10.5 Å². The van der Waals surface area contributed by atoms with Gasteiger partial charge in [-0.05, 0) is 54.7 Å². The number of rotatable bonds is 5. The van der Waals surface area contributed by atoms with E-state index in [1.54, 1.807) is 0 Å². The molecule has 1 saturated carbocycles. The van der Waals surface area contributed by atoms with Crippen molar-refractivity contribution < 1.29 is 4.74 Å². The molecule has 3 unspecified atom stereocenters. The van der Waals surface area contributed by atoms with Gasteiger partial charge in [0.05, 0.1) is 0 Å². The van der Waals surface area contributed by atoms with Crippen LogP contribution in [-0.4, -0.2) is 12.1 Å². The van der Waals surface area contributed by atoms with Gasteiger partial charge in [0.1, 0.15) is 11.9 Å². The Hall–Kier alpha value is -1.02. The molecule has 2 heteroatoms. The molecule has 0 radical (unpaired) electrons. The molecule has 0 heterocycles. The number of hydrogen-bond donors (Lipinski definition) is 1. The van der Waals surface area contributed by atoms with Crippen molar-refractivity contribution in [2.24, 2.45) is 17.1 Å². The maximum Gasteiger partial charge on any atom is 0.119 e. The third-order valence-corrected chi connectivity index (χ3v) is 5.48. The SMILES string of the molecule is CCc1ccc(OC2CC(C(C)(C)CC)CCC2N)cc1. The molecule has 21 heavy (non-hydrogen) atoms. The van der Waals surface area contributed by atoms with Crippen LogP contribution in [0.25, 0.3) is 0 Å². The zero-order valence-corrected chi connectivity index (χ0v) is 14.1. The lowest BCUT2D eigenvalue weighted by molar-refractivity contribution is 0.0502. The summed E-state index contributed by atoms with van der Waals surface area (Å²) in [5.74, 6) is 1.67. The fraction of sp³-hybridized carbons (Fsp3) is 0.684. The van der Waals surface area contributed by atoms with Gasteiger partial charge in [-0.1, -0.05) is 46.2 Å². The molecule has 1 aliphatic rings.